The van der Waals surface area contributed by atoms with Crippen molar-refractivity contribution < 1.29 is 9.53 Å². The highest BCUT2D eigenvalue weighted by Gasteiger charge is 2.31. The fourth-order valence-corrected chi connectivity index (χ4v) is 2.76. The lowest BCUT2D eigenvalue weighted by Crippen LogP contribution is -2.43. The average molecular weight is 226 g/mol. The second-order valence-electron chi connectivity index (χ2n) is 4.85. The monoisotopic (exact) mass is 226 g/mol. The summed E-state index contributed by atoms with van der Waals surface area (Å²) in [6.07, 6.45) is 3.32. The molecule has 2 atom stereocenters. The SMILES string of the molecule is COC(C)C(=O)N1CCCN2CCCC2C1. The number of hydrogen-bond donors (Lipinski definition) is 0. The van der Waals surface area contributed by atoms with Gasteiger partial charge in [-0.25, -0.2) is 0 Å². The van der Waals surface area contributed by atoms with Gasteiger partial charge in [0.1, 0.15) is 6.10 Å². The van der Waals surface area contributed by atoms with Gasteiger partial charge in [0.25, 0.3) is 5.91 Å². The van der Waals surface area contributed by atoms with Crippen molar-refractivity contribution in [3.8, 4) is 0 Å². The van der Waals surface area contributed by atoms with Gasteiger partial charge in [-0.2, -0.15) is 0 Å². The maximum absolute atomic E-state index is 12.1. The molecule has 2 aliphatic rings. The van der Waals surface area contributed by atoms with Crippen LogP contribution in [0.25, 0.3) is 0 Å². The van der Waals surface area contributed by atoms with Gasteiger partial charge in [0.2, 0.25) is 0 Å². The van der Waals surface area contributed by atoms with Crippen LogP contribution < -0.4 is 0 Å². The smallest absolute Gasteiger partial charge is 0.251 e. The summed E-state index contributed by atoms with van der Waals surface area (Å²) in [6, 6.07) is 0.593. The number of methoxy groups -OCH3 is 1. The van der Waals surface area contributed by atoms with Crippen molar-refractivity contribution in [2.24, 2.45) is 0 Å². The summed E-state index contributed by atoms with van der Waals surface area (Å²) in [6.45, 7) is 5.98. The van der Waals surface area contributed by atoms with E-state index in [0.717, 1.165) is 26.1 Å². The first-order valence-corrected chi connectivity index (χ1v) is 6.28. The Hall–Kier alpha value is -0.610. The molecule has 0 spiro atoms. The Bertz CT molecular complexity index is 257. The first-order chi connectivity index (χ1) is 7.72. The van der Waals surface area contributed by atoms with Gasteiger partial charge in [0.05, 0.1) is 0 Å². The van der Waals surface area contributed by atoms with E-state index in [1.165, 1.54) is 19.4 Å². The second kappa shape index (κ2) is 5.15. The van der Waals surface area contributed by atoms with Crippen molar-refractivity contribution in [3.63, 3.8) is 0 Å². The topological polar surface area (TPSA) is 32.8 Å². The Balaban J connectivity index is 1.97. The molecule has 0 saturated carbocycles. The normalized spacial score (nSPS) is 28.6. The van der Waals surface area contributed by atoms with E-state index >= 15 is 0 Å². The largest absolute Gasteiger partial charge is 0.372 e. The lowest BCUT2D eigenvalue weighted by molar-refractivity contribution is -0.141. The van der Waals surface area contributed by atoms with Crippen molar-refractivity contribution in [2.75, 3.05) is 33.3 Å². The zero-order valence-corrected chi connectivity index (χ0v) is 10.3. The number of fused-ring (bicyclic) bond motifs is 1. The highest BCUT2D eigenvalue weighted by Crippen LogP contribution is 2.21. The number of amides is 1. The molecule has 2 fully saturated rings. The lowest BCUT2D eigenvalue weighted by atomic mass is 10.2. The molecule has 4 nitrogen and oxygen atoms in total. The number of nitrogens with zero attached hydrogens (tertiary/aromatic N) is 2. The van der Waals surface area contributed by atoms with Crippen LogP contribution in [0.4, 0.5) is 0 Å². The summed E-state index contributed by atoms with van der Waals surface area (Å²) < 4.78 is 5.11. The van der Waals surface area contributed by atoms with Gasteiger partial charge in [-0.1, -0.05) is 0 Å². The van der Waals surface area contributed by atoms with Crippen molar-refractivity contribution in [3.05, 3.63) is 0 Å². The van der Waals surface area contributed by atoms with Crippen molar-refractivity contribution in [1.29, 1.82) is 0 Å². The van der Waals surface area contributed by atoms with E-state index in [4.69, 9.17) is 4.74 Å². The fourth-order valence-electron chi connectivity index (χ4n) is 2.76. The van der Waals surface area contributed by atoms with E-state index in [9.17, 15) is 4.79 Å². The standard InChI is InChI=1S/C12H22N2O2/c1-10(16-2)12(15)14-8-4-7-13-6-3-5-11(13)9-14/h10-11H,3-9H2,1-2H3. The van der Waals surface area contributed by atoms with Gasteiger partial charge < -0.3 is 9.64 Å². The number of ether oxygens (including phenoxy) is 1. The molecular formula is C12H22N2O2. The fraction of sp³-hybridized carbons (Fsp3) is 0.917. The minimum absolute atomic E-state index is 0.149. The number of rotatable bonds is 2. The van der Waals surface area contributed by atoms with E-state index in [-0.39, 0.29) is 12.0 Å². The van der Waals surface area contributed by atoms with Gasteiger partial charge >= 0.3 is 0 Å². The summed E-state index contributed by atoms with van der Waals surface area (Å²) in [4.78, 5) is 16.6. The van der Waals surface area contributed by atoms with Crippen molar-refractivity contribution in [2.45, 2.75) is 38.3 Å². The molecule has 0 N–H and O–H groups in total. The zero-order chi connectivity index (χ0) is 11.5. The van der Waals surface area contributed by atoms with E-state index in [1.807, 2.05) is 11.8 Å². The van der Waals surface area contributed by atoms with Gasteiger partial charge in [-0.05, 0) is 32.7 Å². The Labute approximate surface area is 97.5 Å². The van der Waals surface area contributed by atoms with Gasteiger partial charge in [0, 0.05) is 32.8 Å². The van der Waals surface area contributed by atoms with E-state index in [0.29, 0.717) is 6.04 Å². The quantitative estimate of drug-likeness (QED) is 0.695. The third kappa shape index (κ3) is 2.38. The van der Waals surface area contributed by atoms with Crippen LogP contribution >= 0.6 is 0 Å². The van der Waals surface area contributed by atoms with E-state index < -0.39 is 0 Å². The summed E-state index contributed by atoms with van der Waals surface area (Å²) >= 11 is 0. The number of carbonyl (C=O) groups is 1. The summed E-state index contributed by atoms with van der Waals surface area (Å²) in [7, 11) is 1.60. The van der Waals surface area contributed by atoms with Crippen LogP contribution in [0.2, 0.25) is 0 Å². The number of hydrogen-bond acceptors (Lipinski definition) is 3. The summed E-state index contributed by atoms with van der Waals surface area (Å²) in [5.74, 6) is 0.149. The molecule has 2 aliphatic heterocycles. The Morgan fingerprint density at radius 2 is 2.06 bits per heavy atom. The highest BCUT2D eigenvalue weighted by molar-refractivity contribution is 5.80. The maximum atomic E-state index is 12.1. The number of carbonyl (C=O) groups excluding carboxylic acids is 1. The maximum Gasteiger partial charge on any atom is 0.251 e. The molecule has 0 aliphatic carbocycles. The molecule has 2 heterocycles. The molecule has 16 heavy (non-hydrogen) atoms. The molecule has 0 aromatic carbocycles. The molecule has 1 amide bonds. The van der Waals surface area contributed by atoms with Crippen LogP contribution in [0.1, 0.15) is 26.2 Å². The minimum atomic E-state index is -0.298. The van der Waals surface area contributed by atoms with E-state index in [1.54, 1.807) is 7.11 Å². The molecular weight excluding hydrogens is 204 g/mol. The van der Waals surface area contributed by atoms with Crippen LogP contribution in [0.15, 0.2) is 0 Å². The van der Waals surface area contributed by atoms with Crippen molar-refractivity contribution >= 4 is 5.91 Å². The molecule has 0 aromatic rings. The van der Waals surface area contributed by atoms with Crippen LogP contribution in [-0.4, -0.2) is 61.1 Å². The summed E-state index contributed by atoms with van der Waals surface area (Å²) in [5, 5.41) is 0. The highest BCUT2D eigenvalue weighted by atomic mass is 16.5. The van der Waals surface area contributed by atoms with Gasteiger partial charge in [-0.3, -0.25) is 9.69 Å². The Morgan fingerprint density at radius 3 is 2.81 bits per heavy atom. The second-order valence-corrected chi connectivity index (χ2v) is 4.85. The van der Waals surface area contributed by atoms with Crippen LogP contribution in [0.5, 0.6) is 0 Å². The average Bonchev–Trinajstić information content (AvgIpc) is 2.64. The molecule has 4 heteroatoms. The third-order valence-corrected chi connectivity index (χ3v) is 3.82. The first kappa shape index (κ1) is 11.9. The van der Waals surface area contributed by atoms with Gasteiger partial charge in [0.15, 0.2) is 0 Å². The molecule has 2 unspecified atom stereocenters. The van der Waals surface area contributed by atoms with E-state index in [2.05, 4.69) is 4.90 Å². The van der Waals surface area contributed by atoms with Crippen LogP contribution in [0, 0.1) is 0 Å². The Kier molecular flexibility index (Phi) is 3.82. The molecule has 2 saturated heterocycles. The lowest BCUT2D eigenvalue weighted by Gasteiger charge is -2.27. The first-order valence-electron chi connectivity index (χ1n) is 6.28. The predicted octanol–water partition coefficient (Wildman–Crippen LogP) is 0.718. The van der Waals surface area contributed by atoms with Crippen LogP contribution in [-0.2, 0) is 9.53 Å². The zero-order valence-electron chi connectivity index (χ0n) is 10.3. The van der Waals surface area contributed by atoms with Crippen molar-refractivity contribution in [1.82, 2.24) is 9.80 Å². The third-order valence-electron chi connectivity index (χ3n) is 3.82. The summed E-state index contributed by atoms with van der Waals surface area (Å²) in [5.41, 5.74) is 0. The van der Waals surface area contributed by atoms with Crippen LogP contribution in [0.3, 0.4) is 0 Å². The molecule has 0 bridgehead atoms. The Morgan fingerprint density at radius 1 is 1.31 bits per heavy atom. The minimum Gasteiger partial charge on any atom is -0.372 e. The molecule has 92 valence electrons. The van der Waals surface area contributed by atoms with Gasteiger partial charge in [-0.15, -0.1) is 0 Å². The molecule has 0 aromatic heterocycles. The molecule has 0 radical (unpaired) electrons. The predicted molar refractivity (Wildman–Crippen MR) is 62.3 cm³/mol. The molecule has 2 rings (SSSR count).